The molecule has 0 spiro atoms. The third-order valence-corrected chi connectivity index (χ3v) is 3.46. The highest BCUT2D eigenvalue weighted by Crippen LogP contribution is 2.26. The molecule has 0 unspecified atom stereocenters. The molecule has 2 aromatic heterocycles. The lowest BCUT2D eigenvalue weighted by Crippen LogP contribution is -2.19. The molecule has 0 aliphatic rings. The number of carbonyl (C=O) groups excluding carboxylic acids is 1. The minimum Gasteiger partial charge on any atom is -0.436 e. The van der Waals surface area contributed by atoms with Crippen molar-refractivity contribution >= 4 is 22.7 Å². The summed E-state index contributed by atoms with van der Waals surface area (Å²) in [6.45, 7) is 0.00225. The molecule has 0 saturated heterocycles. The van der Waals surface area contributed by atoms with Crippen molar-refractivity contribution in [3.8, 4) is 11.5 Å². The fourth-order valence-corrected chi connectivity index (χ4v) is 2.32. The van der Waals surface area contributed by atoms with Crippen LogP contribution in [0.3, 0.4) is 0 Å². The minimum absolute atomic E-state index is 0.00225. The number of benzene rings is 2. The third-order valence-electron chi connectivity index (χ3n) is 3.46. The highest BCUT2D eigenvalue weighted by molar-refractivity contribution is 5.92. The first-order valence-corrected chi connectivity index (χ1v) is 7.34. The molecule has 0 atom stereocenters. The number of halogens is 1. The zero-order chi connectivity index (χ0) is 17.2. The average molecular weight is 338 g/mol. The SMILES string of the molecule is O=C(Cn1cnnn1)Nc1ccc2nc(-c3ccc(F)cc3)oc2c1. The molecule has 25 heavy (non-hydrogen) atoms. The molecular formula is C16H11FN6O2. The number of tetrazole rings is 1. The normalized spacial score (nSPS) is 10.9. The Morgan fingerprint density at radius 2 is 2.04 bits per heavy atom. The van der Waals surface area contributed by atoms with E-state index in [9.17, 15) is 9.18 Å². The second-order valence-electron chi connectivity index (χ2n) is 5.26. The first-order valence-electron chi connectivity index (χ1n) is 7.34. The van der Waals surface area contributed by atoms with Gasteiger partial charge in [-0.2, -0.15) is 0 Å². The van der Waals surface area contributed by atoms with Crippen molar-refractivity contribution in [2.24, 2.45) is 0 Å². The lowest BCUT2D eigenvalue weighted by Gasteiger charge is -2.03. The Bertz CT molecular complexity index is 1030. The van der Waals surface area contributed by atoms with Crippen molar-refractivity contribution in [3.63, 3.8) is 0 Å². The monoisotopic (exact) mass is 338 g/mol. The summed E-state index contributed by atoms with van der Waals surface area (Å²) >= 11 is 0. The van der Waals surface area contributed by atoms with Gasteiger partial charge < -0.3 is 9.73 Å². The maximum absolute atomic E-state index is 13.0. The predicted octanol–water partition coefficient (Wildman–Crippen LogP) is 2.26. The number of hydrogen-bond acceptors (Lipinski definition) is 6. The van der Waals surface area contributed by atoms with Crippen LogP contribution in [0.15, 0.2) is 53.2 Å². The van der Waals surface area contributed by atoms with E-state index in [2.05, 4.69) is 25.8 Å². The van der Waals surface area contributed by atoms with E-state index in [1.807, 2.05) is 0 Å². The summed E-state index contributed by atoms with van der Waals surface area (Å²) < 4.78 is 20.0. The number of amides is 1. The maximum Gasteiger partial charge on any atom is 0.246 e. The zero-order valence-electron chi connectivity index (χ0n) is 12.8. The van der Waals surface area contributed by atoms with E-state index in [-0.39, 0.29) is 18.3 Å². The van der Waals surface area contributed by atoms with Crippen molar-refractivity contribution < 1.29 is 13.6 Å². The number of carbonyl (C=O) groups is 1. The van der Waals surface area contributed by atoms with Crippen molar-refractivity contribution in [2.75, 3.05) is 5.32 Å². The van der Waals surface area contributed by atoms with Crippen LogP contribution in [0.25, 0.3) is 22.6 Å². The van der Waals surface area contributed by atoms with E-state index in [4.69, 9.17) is 4.42 Å². The summed E-state index contributed by atoms with van der Waals surface area (Å²) in [5.41, 5.74) is 2.38. The topological polar surface area (TPSA) is 98.7 Å². The molecule has 8 nitrogen and oxygen atoms in total. The first kappa shape index (κ1) is 14.9. The van der Waals surface area contributed by atoms with Crippen molar-refractivity contribution in [3.05, 3.63) is 54.6 Å². The predicted molar refractivity (Wildman–Crippen MR) is 85.8 cm³/mol. The van der Waals surface area contributed by atoms with E-state index in [0.717, 1.165) is 0 Å². The molecule has 0 aliphatic heterocycles. The molecule has 124 valence electrons. The molecule has 1 amide bonds. The van der Waals surface area contributed by atoms with Crippen LogP contribution < -0.4 is 5.32 Å². The van der Waals surface area contributed by atoms with Gasteiger partial charge in [-0.3, -0.25) is 4.79 Å². The number of nitrogens with zero attached hydrogens (tertiary/aromatic N) is 5. The van der Waals surface area contributed by atoms with Gasteiger partial charge in [-0.05, 0) is 46.8 Å². The minimum atomic E-state index is -0.326. The van der Waals surface area contributed by atoms with E-state index < -0.39 is 0 Å². The van der Waals surface area contributed by atoms with Crippen LogP contribution in [-0.2, 0) is 11.3 Å². The molecule has 2 aromatic carbocycles. The van der Waals surface area contributed by atoms with Gasteiger partial charge in [-0.15, -0.1) is 5.10 Å². The van der Waals surface area contributed by atoms with E-state index in [1.54, 1.807) is 30.3 Å². The number of nitrogens with one attached hydrogen (secondary N) is 1. The summed E-state index contributed by atoms with van der Waals surface area (Å²) in [7, 11) is 0. The van der Waals surface area contributed by atoms with Crippen molar-refractivity contribution in [1.29, 1.82) is 0 Å². The van der Waals surface area contributed by atoms with E-state index in [1.165, 1.54) is 23.1 Å². The van der Waals surface area contributed by atoms with Crippen LogP contribution in [0.4, 0.5) is 10.1 Å². The van der Waals surface area contributed by atoms with Crippen LogP contribution in [0.1, 0.15) is 0 Å². The first-order chi connectivity index (χ1) is 12.2. The van der Waals surface area contributed by atoms with E-state index in [0.29, 0.717) is 28.2 Å². The number of hydrogen-bond donors (Lipinski definition) is 1. The Balaban J connectivity index is 1.55. The highest BCUT2D eigenvalue weighted by Gasteiger charge is 2.10. The van der Waals surface area contributed by atoms with Crippen molar-refractivity contribution in [1.82, 2.24) is 25.2 Å². The fraction of sp³-hybridized carbons (Fsp3) is 0.0625. The van der Waals surface area contributed by atoms with Crippen LogP contribution in [0.5, 0.6) is 0 Å². The van der Waals surface area contributed by atoms with E-state index >= 15 is 0 Å². The summed E-state index contributed by atoms with van der Waals surface area (Å²) in [4.78, 5) is 16.3. The summed E-state index contributed by atoms with van der Waals surface area (Å²) in [5, 5.41) is 13.3. The molecular weight excluding hydrogens is 327 g/mol. The Labute approximate surface area is 140 Å². The molecule has 0 fully saturated rings. The van der Waals surface area contributed by atoms with Gasteiger partial charge in [0.25, 0.3) is 0 Å². The number of oxazole rings is 1. The number of rotatable bonds is 4. The Morgan fingerprint density at radius 1 is 1.20 bits per heavy atom. The van der Waals surface area contributed by atoms with Gasteiger partial charge in [0.05, 0.1) is 0 Å². The second kappa shape index (κ2) is 6.11. The quantitative estimate of drug-likeness (QED) is 0.613. The lowest BCUT2D eigenvalue weighted by molar-refractivity contribution is -0.116. The molecule has 9 heteroatoms. The van der Waals surface area contributed by atoms with Crippen LogP contribution in [0.2, 0.25) is 0 Å². The Hall–Kier alpha value is -3.62. The molecule has 0 aliphatic carbocycles. The number of aromatic nitrogens is 5. The second-order valence-corrected chi connectivity index (χ2v) is 5.26. The molecule has 0 saturated carbocycles. The summed E-state index contributed by atoms with van der Waals surface area (Å²) in [6, 6.07) is 11.0. The third kappa shape index (κ3) is 3.20. The number of fused-ring (bicyclic) bond motifs is 1. The summed E-state index contributed by atoms with van der Waals surface area (Å²) in [6.07, 6.45) is 1.36. The van der Waals surface area contributed by atoms with Gasteiger partial charge in [0.1, 0.15) is 24.2 Å². The largest absolute Gasteiger partial charge is 0.436 e. The average Bonchev–Trinajstić information content (AvgIpc) is 3.24. The van der Waals surface area contributed by atoms with Gasteiger partial charge >= 0.3 is 0 Å². The van der Waals surface area contributed by atoms with Gasteiger partial charge in [0, 0.05) is 17.3 Å². The Kier molecular flexibility index (Phi) is 3.65. The fourth-order valence-electron chi connectivity index (χ4n) is 2.32. The van der Waals surface area contributed by atoms with Gasteiger partial charge in [-0.1, -0.05) is 0 Å². The van der Waals surface area contributed by atoms with Crippen LogP contribution in [0, 0.1) is 5.82 Å². The Morgan fingerprint density at radius 3 is 2.80 bits per heavy atom. The van der Waals surface area contributed by atoms with Crippen LogP contribution in [-0.4, -0.2) is 31.1 Å². The zero-order valence-corrected chi connectivity index (χ0v) is 12.8. The molecule has 1 N–H and O–H groups in total. The number of anilines is 1. The lowest BCUT2D eigenvalue weighted by atomic mass is 10.2. The maximum atomic E-state index is 13.0. The molecule has 4 rings (SSSR count). The molecule has 4 aromatic rings. The van der Waals surface area contributed by atoms with Crippen molar-refractivity contribution in [2.45, 2.75) is 6.54 Å². The molecule has 2 heterocycles. The standard InChI is InChI=1S/C16H11FN6O2/c17-11-3-1-10(2-4-11)16-20-13-6-5-12(7-14(13)25-16)19-15(24)8-23-9-18-21-22-23/h1-7,9H,8H2,(H,19,24). The summed E-state index contributed by atoms with van der Waals surface area (Å²) in [5.74, 6) is -0.218. The van der Waals surface area contributed by atoms with Gasteiger partial charge in [0.15, 0.2) is 5.58 Å². The van der Waals surface area contributed by atoms with Gasteiger partial charge in [-0.25, -0.2) is 14.1 Å². The van der Waals surface area contributed by atoms with Crippen LogP contribution >= 0.6 is 0 Å². The molecule has 0 bridgehead atoms. The molecule has 0 radical (unpaired) electrons. The highest BCUT2D eigenvalue weighted by atomic mass is 19.1. The smallest absolute Gasteiger partial charge is 0.246 e. The van der Waals surface area contributed by atoms with Gasteiger partial charge in [0.2, 0.25) is 11.8 Å².